The highest BCUT2D eigenvalue weighted by Gasteiger charge is 2.25. The molecule has 3 heteroatoms. The van der Waals surface area contributed by atoms with E-state index in [1.807, 2.05) is 0 Å². The first-order valence-corrected chi connectivity index (χ1v) is 2.99. The largest absolute Gasteiger partial charge is 0.481 e. The molecular weight excluding hydrogens is 118 g/mol. The van der Waals surface area contributed by atoms with Gasteiger partial charge in [0, 0.05) is 5.71 Å². The second-order valence-corrected chi connectivity index (χ2v) is 2.38. The molecule has 0 amide bonds. The Morgan fingerprint density at radius 3 is 2.67 bits per heavy atom. The van der Waals surface area contributed by atoms with Crippen molar-refractivity contribution in [3.05, 3.63) is 0 Å². The summed E-state index contributed by atoms with van der Waals surface area (Å²) in [5.74, 6) is -1.02. The van der Waals surface area contributed by atoms with Gasteiger partial charge in [0.1, 0.15) is 0 Å². The van der Waals surface area contributed by atoms with Crippen molar-refractivity contribution in [1.82, 2.24) is 0 Å². The quantitative estimate of drug-likeness (QED) is 0.549. The molecule has 0 bridgehead atoms. The second kappa shape index (κ2) is 2.17. The van der Waals surface area contributed by atoms with Crippen LogP contribution in [0.1, 0.15) is 19.3 Å². The van der Waals surface area contributed by atoms with Gasteiger partial charge in [0.2, 0.25) is 0 Å². The highest BCUT2D eigenvalue weighted by atomic mass is 16.4. The van der Waals surface area contributed by atoms with Crippen molar-refractivity contribution in [2.24, 2.45) is 5.92 Å². The zero-order valence-corrected chi connectivity index (χ0v) is 5.05. The summed E-state index contributed by atoms with van der Waals surface area (Å²) in [5.41, 5.74) is 0.586. The van der Waals surface area contributed by atoms with Gasteiger partial charge in [0.15, 0.2) is 0 Å². The Morgan fingerprint density at radius 1 is 1.78 bits per heavy atom. The van der Waals surface area contributed by atoms with Gasteiger partial charge in [-0.1, -0.05) is 0 Å². The Bertz CT molecular complexity index is 153. The Morgan fingerprint density at radius 2 is 2.44 bits per heavy atom. The monoisotopic (exact) mass is 127 g/mol. The number of hydrogen-bond donors (Lipinski definition) is 2. The first-order chi connectivity index (χ1) is 4.20. The molecule has 3 nitrogen and oxygen atoms in total. The summed E-state index contributed by atoms with van der Waals surface area (Å²) in [6.07, 6.45) is 1.81. The van der Waals surface area contributed by atoms with E-state index >= 15 is 0 Å². The predicted octanol–water partition coefficient (Wildman–Crippen LogP) is 0.891. The highest BCUT2D eigenvalue weighted by Crippen LogP contribution is 2.21. The van der Waals surface area contributed by atoms with Gasteiger partial charge in [-0.25, -0.2) is 0 Å². The number of rotatable bonds is 1. The minimum Gasteiger partial charge on any atom is -0.481 e. The van der Waals surface area contributed by atoms with Crippen LogP contribution >= 0.6 is 0 Å². The van der Waals surface area contributed by atoms with Crippen LogP contribution in [0.4, 0.5) is 0 Å². The van der Waals surface area contributed by atoms with Crippen molar-refractivity contribution in [2.75, 3.05) is 0 Å². The third-order valence-electron chi connectivity index (χ3n) is 1.64. The van der Waals surface area contributed by atoms with Gasteiger partial charge in [-0.05, 0) is 19.3 Å². The lowest BCUT2D eigenvalue weighted by molar-refractivity contribution is -0.141. The minimum atomic E-state index is -0.753. The zero-order valence-electron chi connectivity index (χ0n) is 5.05. The molecule has 0 aromatic carbocycles. The molecule has 1 unspecified atom stereocenters. The van der Waals surface area contributed by atoms with Crippen LogP contribution in [0.3, 0.4) is 0 Å². The minimum absolute atomic E-state index is 0.266. The summed E-state index contributed by atoms with van der Waals surface area (Å²) in [7, 11) is 0. The van der Waals surface area contributed by atoms with E-state index in [-0.39, 0.29) is 5.92 Å². The average Bonchev–Trinajstić information content (AvgIpc) is 2.14. The van der Waals surface area contributed by atoms with Crippen LogP contribution in [-0.4, -0.2) is 16.8 Å². The molecule has 1 saturated carbocycles. The van der Waals surface area contributed by atoms with E-state index in [0.717, 1.165) is 0 Å². The molecule has 9 heavy (non-hydrogen) atoms. The standard InChI is InChI=1S/C6H9NO2/c7-5-2-1-4(3-5)6(8)9/h4,7H,1-3H2,(H,8,9). The van der Waals surface area contributed by atoms with Crippen molar-refractivity contribution >= 4 is 11.7 Å². The first kappa shape index (κ1) is 6.26. The molecular formula is C6H9NO2. The molecule has 1 atom stereocenters. The van der Waals surface area contributed by atoms with E-state index in [0.29, 0.717) is 25.0 Å². The fraction of sp³-hybridized carbons (Fsp3) is 0.667. The molecule has 0 saturated heterocycles. The summed E-state index contributed by atoms with van der Waals surface area (Å²) in [6, 6.07) is 0. The van der Waals surface area contributed by atoms with Crippen molar-refractivity contribution < 1.29 is 9.90 Å². The maximum absolute atomic E-state index is 10.3. The fourth-order valence-corrected chi connectivity index (χ4v) is 1.06. The summed E-state index contributed by atoms with van der Waals surface area (Å²) in [4.78, 5) is 10.3. The third kappa shape index (κ3) is 1.28. The SMILES string of the molecule is N=C1CCC(C(=O)O)C1. The lowest BCUT2D eigenvalue weighted by atomic mass is 10.1. The van der Waals surface area contributed by atoms with Gasteiger partial charge >= 0.3 is 5.97 Å². The fourth-order valence-electron chi connectivity index (χ4n) is 1.06. The topological polar surface area (TPSA) is 61.2 Å². The van der Waals surface area contributed by atoms with Gasteiger partial charge in [-0.2, -0.15) is 0 Å². The van der Waals surface area contributed by atoms with Crippen LogP contribution in [0.25, 0.3) is 0 Å². The number of hydrogen-bond acceptors (Lipinski definition) is 2. The number of aliphatic carboxylic acids is 1. The summed E-state index contributed by atoms with van der Waals surface area (Å²) < 4.78 is 0. The molecule has 0 radical (unpaired) electrons. The van der Waals surface area contributed by atoms with Crippen molar-refractivity contribution in [3.63, 3.8) is 0 Å². The Labute approximate surface area is 53.2 Å². The van der Waals surface area contributed by atoms with Crippen molar-refractivity contribution in [3.8, 4) is 0 Å². The van der Waals surface area contributed by atoms with Gasteiger partial charge in [-0.3, -0.25) is 4.79 Å². The molecule has 0 aliphatic heterocycles. The maximum Gasteiger partial charge on any atom is 0.306 e. The number of carboxylic acid groups (broad SMARTS) is 1. The maximum atomic E-state index is 10.3. The smallest absolute Gasteiger partial charge is 0.306 e. The van der Waals surface area contributed by atoms with E-state index < -0.39 is 5.97 Å². The van der Waals surface area contributed by atoms with E-state index in [1.54, 1.807) is 0 Å². The Balaban J connectivity index is 2.48. The van der Waals surface area contributed by atoms with E-state index in [1.165, 1.54) is 0 Å². The normalized spacial score (nSPS) is 26.7. The number of nitrogens with one attached hydrogen (secondary N) is 1. The van der Waals surface area contributed by atoms with E-state index in [9.17, 15) is 4.79 Å². The van der Waals surface area contributed by atoms with E-state index in [4.69, 9.17) is 10.5 Å². The third-order valence-corrected chi connectivity index (χ3v) is 1.64. The molecule has 50 valence electrons. The zero-order chi connectivity index (χ0) is 6.85. The summed E-state index contributed by atoms with van der Waals surface area (Å²) in [6.45, 7) is 0. The number of carboxylic acids is 1. The van der Waals surface area contributed by atoms with Crippen LogP contribution < -0.4 is 0 Å². The average molecular weight is 127 g/mol. The Hall–Kier alpha value is -0.860. The molecule has 0 aromatic rings. The van der Waals surface area contributed by atoms with E-state index in [2.05, 4.69) is 0 Å². The lowest BCUT2D eigenvalue weighted by Crippen LogP contribution is -2.08. The molecule has 0 spiro atoms. The van der Waals surface area contributed by atoms with Crippen LogP contribution in [-0.2, 0) is 4.79 Å². The van der Waals surface area contributed by atoms with Crippen LogP contribution in [0.5, 0.6) is 0 Å². The molecule has 0 heterocycles. The van der Waals surface area contributed by atoms with Crippen LogP contribution in [0.2, 0.25) is 0 Å². The second-order valence-electron chi connectivity index (χ2n) is 2.38. The lowest BCUT2D eigenvalue weighted by Gasteiger charge is -1.96. The molecule has 1 aliphatic rings. The van der Waals surface area contributed by atoms with Gasteiger partial charge in [-0.15, -0.1) is 0 Å². The van der Waals surface area contributed by atoms with Gasteiger partial charge < -0.3 is 10.5 Å². The first-order valence-electron chi connectivity index (χ1n) is 2.99. The number of carbonyl (C=O) groups is 1. The van der Waals surface area contributed by atoms with Crippen molar-refractivity contribution in [2.45, 2.75) is 19.3 Å². The summed E-state index contributed by atoms with van der Waals surface area (Å²) in [5, 5.41) is 15.5. The molecule has 1 aliphatic carbocycles. The molecule has 2 N–H and O–H groups in total. The Kier molecular flexibility index (Phi) is 1.51. The van der Waals surface area contributed by atoms with Crippen LogP contribution in [0, 0.1) is 11.3 Å². The van der Waals surface area contributed by atoms with Gasteiger partial charge in [0.05, 0.1) is 5.92 Å². The molecule has 1 rings (SSSR count). The molecule has 1 fully saturated rings. The highest BCUT2D eigenvalue weighted by molar-refractivity contribution is 5.89. The predicted molar refractivity (Wildman–Crippen MR) is 32.7 cm³/mol. The van der Waals surface area contributed by atoms with Crippen molar-refractivity contribution in [1.29, 1.82) is 5.41 Å². The van der Waals surface area contributed by atoms with Gasteiger partial charge in [0.25, 0.3) is 0 Å². The molecule has 0 aromatic heterocycles. The van der Waals surface area contributed by atoms with Crippen LogP contribution in [0.15, 0.2) is 0 Å². The summed E-state index contributed by atoms with van der Waals surface area (Å²) >= 11 is 0.